The normalized spacial score (nSPS) is 28.8. The van der Waals surface area contributed by atoms with Crippen molar-refractivity contribution in [2.24, 2.45) is 11.1 Å². The van der Waals surface area contributed by atoms with Gasteiger partial charge in [0.25, 0.3) is 0 Å². The van der Waals surface area contributed by atoms with Crippen LogP contribution in [0.3, 0.4) is 0 Å². The van der Waals surface area contributed by atoms with E-state index in [0.717, 1.165) is 25.3 Å². The predicted octanol–water partition coefficient (Wildman–Crippen LogP) is 3.78. The Bertz CT molecular complexity index is 483. The monoisotopic (exact) mass is 281 g/mol. The largest absolute Gasteiger partial charge is 0.487 e. The number of rotatable bonds is 2. The number of ether oxygens (including phenoxy) is 1. The van der Waals surface area contributed by atoms with E-state index in [2.05, 4.69) is 0 Å². The highest BCUT2D eigenvalue weighted by Crippen LogP contribution is 2.51. The minimum absolute atomic E-state index is 0.00265. The van der Waals surface area contributed by atoms with E-state index in [4.69, 9.17) is 10.5 Å². The second-order valence-electron chi connectivity index (χ2n) is 6.17. The average Bonchev–Trinajstić information content (AvgIpc) is 2.69. The fraction of sp³-hybridized carbons (Fsp3) is 0.625. The van der Waals surface area contributed by atoms with Crippen LogP contribution in [-0.2, 0) is 0 Å². The highest BCUT2D eigenvalue weighted by Gasteiger charge is 2.54. The summed E-state index contributed by atoms with van der Waals surface area (Å²) in [6.45, 7) is 0. The SMILES string of the molecule is NC1CC(Oc2ccc(F)cc2F)C12CCCCCC2. The van der Waals surface area contributed by atoms with Crippen molar-refractivity contribution in [2.75, 3.05) is 0 Å². The summed E-state index contributed by atoms with van der Waals surface area (Å²) in [7, 11) is 0. The van der Waals surface area contributed by atoms with Crippen LogP contribution in [0, 0.1) is 17.0 Å². The van der Waals surface area contributed by atoms with Crippen LogP contribution in [0.5, 0.6) is 5.75 Å². The average molecular weight is 281 g/mol. The maximum atomic E-state index is 13.7. The quantitative estimate of drug-likeness (QED) is 0.895. The zero-order valence-corrected chi connectivity index (χ0v) is 11.6. The van der Waals surface area contributed by atoms with Gasteiger partial charge >= 0.3 is 0 Å². The standard InChI is InChI=1S/C16H21F2NO/c17-11-5-6-13(12(18)9-11)20-15-10-14(19)16(15)7-3-1-2-4-8-16/h5-6,9,14-15H,1-4,7-8,10,19H2. The van der Waals surface area contributed by atoms with Crippen molar-refractivity contribution in [3.8, 4) is 5.75 Å². The van der Waals surface area contributed by atoms with Crippen LogP contribution in [-0.4, -0.2) is 12.1 Å². The zero-order chi connectivity index (χ0) is 14.2. The third kappa shape index (κ3) is 2.30. The molecule has 2 nitrogen and oxygen atoms in total. The first-order valence-corrected chi connectivity index (χ1v) is 7.49. The first-order chi connectivity index (χ1) is 9.62. The molecule has 20 heavy (non-hydrogen) atoms. The summed E-state index contributed by atoms with van der Waals surface area (Å²) in [4.78, 5) is 0. The van der Waals surface area contributed by atoms with E-state index in [9.17, 15) is 8.78 Å². The Morgan fingerprint density at radius 2 is 1.80 bits per heavy atom. The summed E-state index contributed by atoms with van der Waals surface area (Å²) in [5.74, 6) is -1.06. The molecule has 2 atom stereocenters. The molecule has 2 aliphatic carbocycles. The summed E-state index contributed by atoms with van der Waals surface area (Å²) < 4.78 is 32.5. The highest BCUT2D eigenvalue weighted by molar-refractivity contribution is 5.26. The van der Waals surface area contributed by atoms with Gasteiger partial charge in [-0.05, 0) is 25.0 Å². The van der Waals surface area contributed by atoms with E-state index < -0.39 is 11.6 Å². The Hall–Kier alpha value is -1.16. The van der Waals surface area contributed by atoms with Gasteiger partial charge in [-0.25, -0.2) is 8.78 Å². The molecular formula is C16H21F2NO. The molecule has 4 heteroatoms. The molecule has 2 saturated carbocycles. The van der Waals surface area contributed by atoms with Crippen molar-refractivity contribution in [3.05, 3.63) is 29.8 Å². The van der Waals surface area contributed by atoms with Gasteiger partial charge < -0.3 is 10.5 Å². The minimum atomic E-state index is -0.630. The number of halogens is 2. The molecule has 0 aliphatic heterocycles. The van der Waals surface area contributed by atoms with Gasteiger partial charge in [0, 0.05) is 23.9 Å². The highest BCUT2D eigenvalue weighted by atomic mass is 19.1. The van der Waals surface area contributed by atoms with E-state index in [1.807, 2.05) is 0 Å². The molecule has 2 N–H and O–H groups in total. The van der Waals surface area contributed by atoms with Crippen LogP contribution in [0.15, 0.2) is 18.2 Å². The van der Waals surface area contributed by atoms with E-state index >= 15 is 0 Å². The number of nitrogens with two attached hydrogens (primary N) is 1. The lowest BCUT2D eigenvalue weighted by Gasteiger charge is -2.54. The first-order valence-electron chi connectivity index (χ1n) is 7.49. The Balaban J connectivity index is 1.76. The predicted molar refractivity (Wildman–Crippen MR) is 73.5 cm³/mol. The van der Waals surface area contributed by atoms with Gasteiger partial charge in [0.05, 0.1) is 0 Å². The van der Waals surface area contributed by atoms with Gasteiger partial charge in [0.2, 0.25) is 0 Å². The van der Waals surface area contributed by atoms with Gasteiger partial charge in [0.1, 0.15) is 11.9 Å². The third-order valence-corrected chi connectivity index (χ3v) is 5.05. The van der Waals surface area contributed by atoms with Gasteiger partial charge in [0.15, 0.2) is 11.6 Å². The van der Waals surface area contributed by atoms with Crippen LogP contribution in [0.1, 0.15) is 44.9 Å². The molecule has 0 radical (unpaired) electrons. The topological polar surface area (TPSA) is 35.2 Å². The maximum Gasteiger partial charge on any atom is 0.167 e. The van der Waals surface area contributed by atoms with Crippen molar-refractivity contribution in [3.63, 3.8) is 0 Å². The maximum absolute atomic E-state index is 13.7. The van der Waals surface area contributed by atoms with Crippen LogP contribution in [0.2, 0.25) is 0 Å². The Kier molecular flexibility index (Phi) is 3.67. The van der Waals surface area contributed by atoms with Crippen molar-refractivity contribution in [2.45, 2.75) is 57.1 Å². The molecule has 3 rings (SSSR count). The summed E-state index contributed by atoms with van der Waals surface area (Å²) in [5.41, 5.74) is 6.23. The van der Waals surface area contributed by atoms with Gasteiger partial charge in [-0.3, -0.25) is 0 Å². The first kappa shape index (κ1) is 13.8. The van der Waals surface area contributed by atoms with Gasteiger partial charge in [-0.1, -0.05) is 25.7 Å². The molecule has 2 unspecified atom stereocenters. The summed E-state index contributed by atoms with van der Waals surface area (Å²) in [6.07, 6.45) is 7.66. The van der Waals surface area contributed by atoms with Gasteiger partial charge in [-0.2, -0.15) is 0 Å². The molecule has 2 aliphatic rings. The van der Waals surface area contributed by atoms with E-state index in [1.54, 1.807) is 0 Å². The van der Waals surface area contributed by atoms with Crippen LogP contribution < -0.4 is 10.5 Å². The van der Waals surface area contributed by atoms with E-state index in [1.165, 1.54) is 37.8 Å². The Morgan fingerprint density at radius 1 is 1.10 bits per heavy atom. The molecular weight excluding hydrogens is 260 g/mol. The van der Waals surface area contributed by atoms with Crippen LogP contribution >= 0.6 is 0 Å². The smallest absolute Gasteiger partial charge is 0.167 e. The number of hydrogen-bond acceptors (Lipinski definition) is 2. The fourth-order valence-electron chi connectivity index (χ4n) is 3.75. The third-order valence-electron chi connectivity index (χ3n) is 5.05. The summed E-state index contributed by atoms with van der Waals surface area (Å²) >= 11 is 0. The molecule has 0 saturated heterocycles. The Labute approximate surface area is 118 Å². The summed E-state index contributed by atoms with van der Waals surface area (Å²) in [5, 5.41) is 0. The Morgan fingerprint density at radius 3 is 2.40 bits per heavy atom. The van der Waals surface area contributed by atoms with E-state index in [-0.39, 0.29) is 23.3 Å². The van der Waals surface area contributed by atoms with Crippen molar-refractivity contribution >= 4 is 0 Å². The van der Waals surface area contributed by atoms with Crippen molar-refractivity contribution < 1.29 is 13.5 Å². The molecule has 0 amide bonds. The fourth-order valence-corrected chi connectivity index (χ4v) is 3.75. The van der Waals surface area contributed by atoms with Crippen molar-refractivity contribution in [1.29, 1.82) is 0 Å². The number of hydrogen-bond donors (Lipinski definition) is 1. The van der Waals surface area contributed by atoms with E-state index in [0.29, 0.717) is 0 Å². The lowest BCUT2D eigenvalue weighted by Crippen LogP contribution is -2.63. The van der Waals surface area contributed by atoms with Crippen LogP contribution in [0.25, 0.3) is 0 Å². The molecule has 0 heterocycles. The van der Waals surface area contributed by atoms with Crippen LogP contribution in [0.4, 0.5) is 8.78 Å². The molecule has 1 aromatic carbocycles. The van der Waals surface area contributed by atoms with Crippen molar-refractivity contribution in [1.82, 2.24) is 0 Å². The molecule has 0 aromatic heterocycles. The molecule has 110 valence electrons. The second kappa shape index (κ2) is 5.32. The molecule has 1 aromatic rings. The minimum Gasteiger partial charge on any atom is -0.487 e. The zero-order valence-electron chi connectivity index (χ0n) is 11.6. The summed E-state index contributed by atoms with van der Waals surface area (Å²) in [6, 6.07) is 3.62. The number of benzene rings is 1. The second-order valence-corrected chi connectivity index (χ2v) is 6.17. The lowest BCUT2D eigenvalue weighted by molar-refractivity contribution is -0.0785. The molecule has 2 fully saturated rings. The van der Waals surface area contributed by atoms with Gasteiger partial charge in [-0.15, -0.1) is 0 Å². The lowest BCUT2D eigenvalue weighted by atomic mass is 9.58. The molecule has 0 bridgehead atoms. The molecule has 1 spiro atoms.